The van der Waals surface area contributed by atoms with Crippen LogP contribution in [0.5, 0.6) is 0 Å². The Balaban J connectivity index is 1.58. The van der Waals surface area contributed by atoms with E-state index in [0.29, 0.717) is 11.4 Å². The third-order valence-electron chi connectivity index (χ3n) is 4.78. The molecule has 3 aromatic rings. The Morgan fingerprint density at radius 2 is 1.96 bits per heavy atom. The third kappa shape index (κ3) is 4.31. The van der Waals surface area contributed by atoms with Crippen molar-refractivity contribution in [3.05, 3.63) is 52.5 Å². The Morgan fingerprint density at radius 3 is 2.64 bits per heavy atom. The third-order valence-corrected chi connectivity index (χ3v) is 5.46. The maximum Gasteiger partial charge on any atom is 0.308 e. The Hall–Kier alpha value is -2.93. The van der Waals surface area contributed by atoms with Gasteiger partial charge in [-0.25, -0.2) is 0 Å². The summed E-state index contributed by atoms with van der Waals surface area (Å²) in [6.07, 6.45) is 5.38. The van der Waals surface area contributed by atoms with Gasteiger partial charge >= 0.3 is 5.97 Å². The zero-order chi connectivity index (χ0) is 19.3. The standard InChI is InChI=1S/C21H21N3O3S/c25-19(26)13-17(21-22-20(23-27-21)16-8-11-28-14-16)12-15-4-6-18(7-5-15)24-9-2-1-3-10-24/h4-8,11-12,14H,1-3,9-10,13H2,(H,25,26)/b17-12+. The van der Waals surface area contributed by atoms with E-state index >= 15 is 0 Å². The molecule has 3 heterocycles. The quantitative estimate of drug-likeness (QED) is 0.646. The average molecular weight is 395 g/mol. The second-order valence-electron chi connectivity index (χ2n) is 6.81. The number of nitrogens with zero attached hydrogens (tertiary/aromatic N) is 3. The van der Waals surface area contributed by atoms with Crippen LogP contribution in [0.25, 0.3) is 23.0 Å². The highest BCUT2D eigenvalue weighted by atomic mass is 32.1. The van der Waals surface area contributed by atoms with Crippen LogP contribution in [0.15, 0.2) is 45.6 Å². The highest BCUT2D eigenvalue weighted by Crippen LogP contribution is 2.26. The lowest BCUT2D eigenvalue weighted by molar-refractivity contribution is -0.135. The molecule has 1 saturated heterocycles. The Morgan fingerprint density at radius 1 is 1.18 bits per heavy atom. The molecule has 0 saturated carbocycles. The summed E-state index contributed by atoms with van der Waals surface area (Å²) in [6, 6.07) is 10.1. The number of hydrogen-bond acceptors (Lipinski definition) is 6. The van der Waals surface area contributed by atoms with Gasteiger partial charge in [0, 0.05) is 35.3 Å². The molecule has 0 atom stereocenters. The molecule has 144 valence electrons. The first kappa shape index (κ1) is 18.4. The summed E-state index contributed by atoms with van der Waals surface area (Å²) in [6.45, 7) is 2.18. The first-order chi connectivity index (χ1) is 13.7. The first-order valence-corrected chi connectivity index (χ1v) is 10.3. The minimum absolute atomic E-state index is 0.181. The second-order valence-corrected chi connectivity index (χ2v) is 7.59. The van der Waals surface area contributed by atoms with E-state index in [2.05, 4.69) is 27.2 Å². The van der Waals surface area contributed by atoms with Crippen molar-refractivity contribution < 1.29 is 14.4 Å². The molecule has 1 aliphatic heterocycles. The van der Waals surface area contributed by atoms with E-state index in [4.69, 9.17) is 4.52 Å². The van der Waals surface area contributed by atoms with Crippen LogP contribution in [-0.4, -0.2) is 34.3 Å². The van der Waals surface area contributed by atoms with Crippen molar-refractivity contribution in [1.29, 1.82) is 0 Å². The van der Waals surface area contributed by atoms with Gasteiger partial charge in [0.15, 0.2) is 0 Å². The van der Waals surface area contributed by atoms with Gasteiger partial charge < -0.3 is 14.5 Å². The molecular weight excluding hydrogens is 374 g/mol. The average Bonchev–Trinajstić information content (AvgIpc) is 3.40. The number of thiophene rings is 1. The second kappa shape index (κ2) is 8.39. The summed E-state index contributed by atoms with van der Waals surface area (Å²) in [5.41, 5.74) is 3.47. The van der Waals surface area contributed by atoms with Gasteiger partial charge in [-0.2, -0.15) is 16.3 Å². The molecule has 1 aromatic carbocycles. The normalized spacial score (nSPS) is 15.0. The number of carbonyl (C=O) groups is 1. The number of carboxylic acids is 1. The van der Waals surface area contributed by atoms with Gasteiger partial charge in [-0.1, -0.05) is 17.3 Å². The van der Waals surface area contributed by atoms with E-state index < -0.39 is 5.97 Å². The molecule has 2 aromatic heterocycles. The lowest BCUT2D eigenvalue weighted by Gasteiger charge is -2.28. The molecule has 0 bridgehead atoms. The number of rotatable bonds is 6. The molecule has 0 radical (unpaired) electrons. The lowest BCUT2D eigenvalue weighted by atomic mass is 10.1. The molecule has 28 heavy (non-hydrogen) atoms. The Labute approximate surface area is 167 Å². The molecule has 0 amide bonds. The summed E-state index contributed by atoms with van der Waals surface area (Å²) in [5.74, 6) is -0.233. The minimum Gasteiger partial charge on any atom is -0.481 e. The van der Waals surface area contributed by atoms with Gasteiger partial charge in [0.2, 0.25) is 5.82 Å². The van der Waals surface area contributed by atoms with E-state index in [-0.39, 0.29) is 12.3 Å². The van der Waals surface area contributed by atoms with Gasteiger partial charge in [0.1, 0.15) is 0 Å². The van der Waals surface area contributed by atoms with Crippen molar-refractivity contribution in [2.75, 3.05) is 18.0 Å². The molecule has 4 rings (SSSR count). The predicted molar refractivity (Wildman–Crippen MR) is 110 cm³/mol. The van der Waals surface area contributed by atoms with E-state index in [1.54, 1.807) is 17.4 Å². The van der Waals surface area contributed by atoms with E-state index in [0.717, 1.165) is 24.2 Å². The molecule has 1 N–H and O–H groups in total. The van der Waals surface area contributed by atoms with Crippen molar-refractivity contribution in [1.82, 2.24) is 10.1 Å². The van der Waals surface area contributed by atoms with Crippen molar-refractivity contribution in [3.8, 4) is 11.4 Å². The van der Waals surface area contributed by atoms with Crippen molar-refractivity contribution in [2.24, 2.45) is 0 Å². The summed E-state index contributed by atoms with van der Waals surface area (Å²) < 4.78 is 5.35. The number of aromatic nitrogens is 2. The van der Waals surface area contributed by atoms with Crippen LogP contribution < -0.4 is 4.90 Å². The van der Waals surface area contributed by atoms with E-state index in [1.165, 1.54) is 24.9 Å². The predicted octanol–water partition coefficient (Wildman–Crippen LogP) is 4.80. The number of aliphatic carboxylic acids is 1. The van der Waals surface area contributed by atoms with Gasteiger partial charge in [-0.15, -0.1) is 0 Å². The smallest absolute Gasteiger partial charge is 0.308 e. The fourth-order valence-electron chi connectivity index (χ4n) is 3.35. The fourth-order valence-corrected chi connectivity index (χ4v) is 3.98. The Bertz CT molecular complexity index is 955. The topological polar surface area (TPSA) is 79.5 Å². The van der Waals surface area contributed by atoms with Crippen LogP contribution in [0.4, 0.5) is 5.69 Å². The maximum atomic E-state index is 11.3. The minimum atomic E-state index is -0.938. The number of benzene rings is 1. The molecule has 1 aliphatic rings. The molecule has 0 aliphatic carbocycles. The number of anilines is 1. The highest BCUT2D eigenvalue weighted by molar-refractivity contribution is 7.08. The zero-order valence-electron chi connectivity index (χ0n) is 15.4. The SMILES string of the molecule is O=C(O)C/C(=C\c1ccc(N2CCCCC2)cc1)c1nc(-c2ccsc2)no1. The monoisotopic (exact) mass is 395 g/mol. The van der Waals surface area contributed by atoms with Crippen LogP contribution in [0, 0.1) is 0 Å². The summed E-state index contributed by atoms with van der Waals surface area (Å²) in [7, 11) is 0. The molecule has 1 fully saturated rings. The van der Waals surface area contributed by atoms with Crippen LogP contribution in [0.1, 0.15) is 37.1 Å². The van der Waals surface area contributed by atoms with Crippen LogP contribution in [-0.2, 0) is 4.79 Å². The summed E-state index contributed by atoms with van der Waals surface area (Å²) >= 11 is 1.54. The van der Waals surface area contributed by atoms with Crippen molar-refractivity contribution >= 4 is 34.6 Å². The van der Waals surface area contributed by atoms with Crippen LogP contribution >= 0.6 is 11.3 Å². The fraction of sp³-hybridized carbons (Fsp3) is 0.286. The van der Waals surface area contributed by atoms with Crippen LogP contribution in [0.3, 0.4) is 0 Å². The maximum absolute atomic E-state index is 11.3. The number of carboxylic acid groups (broad SMARTS) is 1. The zero-order valence-corrected chi connectivity index (χ0v) is 16.2. The largest absolute Gasteiger partial charge is 0.481 e. The lowest BCUT2D eigenvalue weighted by Crippen LogP contribution is -2.29. The van der Waals surface area contributed by atoms with Crippen molar-refractivity contribution in [3.63, 3.8) is 0 Å². The van der Waals surface area contributed by atoms with Crippen molar-refractivity contribution in [2.45, 2.75) is 25.7 Å². The van der Waals surface area contributed by atoms with Gasteiger partial charge in [0.05, 0.1) is 6.42 Å². The van der Waals surface area contributed by atoms with E-state index in [9.17, 15) is 9.90 Å². The molecule has 0 unspecified atom stereocenters. The molecule has 7 heteroatoms. The number of hydrogen-bond donors (Lipinski definition) is 1. The first-order valence-electron chi connectivity index (χ1n) is 9.33. The molecule has 0 spiro atoms. The molecular formula is C21H21N3O3S. The summed E-state index contributed by atoms with van der Waals surface area (Å²) in [4.78, 5) is 18.1. The van der Waals surface area contributed by atoms with Gasteiger partial charge in [0.25, 0.3) is 5.89 Å². The molecule has 6 nitrogen and oxygen atoms in total. The van der Waals surface area contributed by atoms with E-state index in [1.807, 2.05) is 29.0 Å². The Kier molecular flexibility index (Phi) is 5.53. The number of piperidine rings is 1. The van der Waals surface area contributed by atoms with Crippen LogP contribution in [0.2, 0.25) is 0 Å². The van der Waals surface area contributed by atoms with Gasteiger partial charge in [-0.05, 0) is 54.5 Å². The van der Waals surface area contributed by atoms with Gasteiger partial charge in [-0.3, -0.25) is 4.79 Å². The summed E-state index contributed by atoms with van der Waals surface area (Å²) in [5, 5.41) is 17.1. The highest BCUT2D eigenvalue weighted by Gasteiger charge is 2.16.